The van der Waals surface area contributed by atoms with Crippen LogP contribution in [0.5, 0.6) is 0 Å². The monoisotopic (exact) mass is 304 g/mol. The Hall–Kier alpha value is 0. The lowest BCUT2D eigenvalue weighted by molar-refractivity contribution is -0.121. The maximum Gasteiger partial charge on any atom is -0.0318 e. The van der Waals surface area contributed by atoms with E-state index in [0.29, 0.717) is 0 Å². The predicted molar refractivity (Wildman–Crippen MR) is 96.4 cm³/mol. The summed E-state index contributed by atoms with van der Waals surface area (Å²) in [6, 6.07) is 0. The second kappa shape index (κ2) is 5.52. The van der Waals surface area contributed by atoms with Gasteiger partial charge in [0.1, 0.15) is 0 Å². The molecule has 0 spiro atoms. The van der Waals surface area contributed by atoms with Gasteiger partial charge in [0.2, 0.25) is 0 Å². The molecular weight excluding hydrogens is 264 g/mol. The lowest BCUT2D eigenvalue weighted by Gasteiger charge is -2.60. The highest BCUT2D eigenvalue weighted by molar-refractivity contribution is 5.08. The van der Waals surface area contributed by atoms with Gasteiger partial charge in [-0.05, 0) is 76.9 Å². The predicted octanol–water partition coefficient (Wildman–Crippen LogP) is 6.22. The van der Waals surface area contributed by atoms with Gasteiger partial charge in [-0.3, -0.25) is 0 Å². The van der Waals surface area contributed by atoms with Gasteiger partial charge in [-0.2, -0.15) is 0 Å². The molecule has 3 aliphatic carbocycles. The minimum absolute atomic E-state index is 0.897. The molecule has 0 saturated heterocycles. The molecule has 3 fully saturated rings. The van der Waals surface area contributed by atoms with Crippen molar-refractivity contribution in [2.45, 2.75) is 62.3 Å². The van der Waals surface area contributed by atoms with E-state index >= 15 is 0 Å². The third kappa shape index (κ3) is 2.01. The summed E-state index contributed by atoms with van der Waals surface area (Å²) in [6.45, 7) is 23.2. The zero-order valence-electron chi connectivity index (χ0n) is 16.5. The molecule has 22 heavy (non-hydrogen) atoms. The summed E-state index contributed by atoms with van der Waals surface area (Å²) >= 11 is 0. The molecule has 0 aliphatic heterocycles. The average molecular weight is 305 g/mol. The van der Waals surface area contributed by atoms with Crippen LogP contribution >= 0.6 is 0 Å². The van der Waals surface area contributed by atoms with E-state index in [1.165, 1.54) is 0 Å². The number of rotatable bonds is 0. The fourth-order valence-corrected chi connectivity index (χ4v) is 7.81. The van der Waals surface area contributed by atoms with E-state index < -0.39 is 0 Å². The van der Waals surface area contributed by atoms with E-state index in [9.17, 15) is 0 Å². The molecule has 0 heterocycles. The Labute approximate surface area is 139 Å². The smallest absolute Gasteiger partial charge is 0.0318 e. The summed E-state index contributed by atoms with van der Waals surface area (Å²) in [5, 5.41) is 0. The summed E-state index contributed by atoms with van der Waals surface area (Å²) in [5.41, 5.74) is 0. The van der Waals surface area contributed by atoms with Gasteiger partial charge in [-0.15, -0.1) is 0 Å². The average Bonchev–Trinajstić information content (AvgIpc) is 2.71. The fraction of sp³-hybridized carbons (Fsp3) is 1.00. The van der Waals surface area contributed by atoms with E-state index in [-0.39, 0.29) is 0 Å². The maximum atomic E-state index is 2.60. The Morgan fingerprint density at radius 1 is 0.227 bits per heavy atom. The van der Waals surface area contributed by atoms with E-state index in [2.05, 4.69) is 62.3 Å². The van der Waals surface area contributed by atoms with E-state index in [4.69, 9.17) is 0 Å². The summed E-state index contributed by atoms with van der Waals surface area (Å²) in [6.07, 6.45) is 0. The van der Waals surface area contributed by atoms with Gasteiger partial charge >= 0.3 is 0 Å². The Morgan fingerprint density at radius 2 is 0.409 bits per heavy atom. The lowest BCUT2D eigenvalue weighted by Crippen LogP contribution is -2.55. The van der Waals surface area contributed by atoms with Crippen molar-refractivity contribution in [3.63, 3.8) is 0 Å². The van der Waals surface area contributed by atoms with Crippen molar-refractivity contribution < 1.29 is 0 Å². The fourth-order valence-electron chi connectivity index (χ4n) is 7.81. The van der Waals surface area contributed by atoms with Crippen molar-refractivity contribution >= 4 is 0 Å². The van der Waals surface area contributed by atoms with Crippen LogP contribution in [-0.4, -0.2) is 0 Å². The molecule has 0 nitrogen and oxygen atoms in total. The molecule has 0 aromatic heterocycles. The van der Waals surface area contributed by atoms with Crippen LogP contribution in [-0.2, 0) is 0 Å². The molecule has 0 aromatic rings. The van der Waals surface area contributed by atoms with Crippen LogP contribution in [0.25, 0.3) is 0 Å². The van der Waals surface area contributed by atoms with Crippen molar-refractivity contribution in [3.8, 4) is 0 Å². The van der Waals surface area contributed by atoms with Gasteiger partial charge in [-0.25, -0.2) is 0 Å². The van der Waals surface area contributed by atoms with E-state index in [1.807, 2.05) is 0 Å². The largest absolute Gasteiger partial charge is 0.0620 e. The van der Waals surface area contributed by atoms with Crippen LogP contribution in [0, 0.1) is 76.9 Å². The van der Waals surface area contributed by atoms with Gasteiger partial charge in [0.05, 0.1) is 0 Å². The molecule has 0 radical (unpaired) electrons. The van der Waals surface area contributed by atoms with Gasteiger partial charge in [0.25, 0.3) is 0 Å². The van der Waals surface area contributed by atoms with E-state index in [1.54, 1.807) is 0 Å². The van der Waals surface area contributed by atoms with Crippen LogP contribution in [0.4, 0.5) is 0 Å². The molecule has 0 N–H and O–H groups in total. The third-order valence-electron chi connectivity index (χ3n) is 9.95. The summed E-state index contributed by atoms with van der Waals surface area (Å²) in [7, 11) is 0. The highest BCUT2D eigenvalue weighted by Gasteiger charge is 2.60. The summed E-state index contributed by atoms with van der Waals surface area (Å²) in [4.78, 5) is 0. The van der Waals surface area contributed by atoms with E-state index in [0.717, 1.165) is 76.9 Å². The first-order valence-corrected chi connectivity index (χ1v) is 10.2. The molecule has 128 valence electrons. The first-order valence-electron chi connectivity index (χ1n) is 10.2. The number of fused-ring (bicyclic) bond motifs is 3. The van der Waals surface area contributed by atoms with Crippen molar-refractivity contribution in [2.24, 2.45) is 76.9 Å². The minimum Gasteiger partial charge on any atom is -0.0620 e. The van der Waals surface area contributed by atoms with Crippen LogP contribution in [0.3, 0.4) is 0 Å². The van der Waals surface area contributed by atoms with Crippen molar-refractivity contribution in [1.82, 2.24) is 0 Å². The quantitative estimate of drug-likeness (QED) is 0.498. The molecule has 13 unspecified atom stereocenters. The lowest BCUT2D eigenvalue weighted by atomic mass is 9.45. The molecule has 3 aliphatic rings. The first-order chi connectivity index (χ1) is 10.2. The van der Waals surface area contributed by atoms with Gasteiger partial charge in [0, 0.05) is 0 Å². The van der Waals surface area contributed by atoms with Crippen LogP contribution in [0.1, 0.15) is 62.3 Å². The van der Waals surface area contributed by atoms with Gasteiger partial charge < -0.3 is 0 Å². The SMILES string of the molecule is CC1C(C)C(C)C2C(C1C)C(C)C(C)C1C(C)C(C)C(C)C12. The maximum absolute atomic E-state index is 2.60. The third-order valence-corrected chi connectivity index (χ3v) is 9.95. The first kappa shape index (κ1) is 16.8. The summed E-state index contributed by atoms with van der Waals surface area (Å²) in [5.74, 6) is 12.2. The Kier molecular flexibility index (Phi) is 4.23. The van der Waals surface area contributed by atoms with Gasteiger partial charge in [-0.1, -0.05) is 62.3 Å². The number of hydrogen-bond donors (Lipinski definition) is 0. The zero-order valence-corrected chi connectivity index (χ0v) is 16.5. The molecule has 0 amide bonds. The minimum atomic E-state index is 0.897. The van der Waals surface area contributed by atoms with Crippen molar-refractivity contribution in [1.29, 1.82) is 0 Å². The summed E-state index contributed by atoms with van der Waals surface area (Å²) < 4.78 is 0. The Morgan fingerprint density at radius 3 is 0.727 bits per heavy atom. The van der Waals surface area contributed by atoms with Crippen LogP contribution in [0.2, 0.25) is 0 Å². The molecule has 13 atom stereocenters. The second-order valence-electron chi connectivity index (χ2n) is 10.0. The second-order valence-corrected chi connectivity index (χ2v) is 10.0. The zero-order chi connectivity index (χ0) is 16.5. The highest BCUT2D eigenvalue weighted by Crippen LogP contribution is 2.65. The molecule has 0 aromatic carbocycles. The highest BCUT2D eigenvalue weighted by atomic mass is 14.6. The van der Waals surface area contributed by atoms with Crippen LogP contribution < -0.4 is 0 Å². The Balaban J connectivity index is 2.05. The standard InChI is InChI=1S/C22H40/c1-10-11(2)15(6)21-19(13(10)4)17(8)18(9)20-14(5)12(3)16(7)22(20)21/h10-22H,1-9H3. The van der Waals surface area contributed by atoms with Gasteiger partial charge in [0.15, 0.2) is 0 Å². The Bertz CT molecular complexity index is 412. The normalized spacial score (nSPS) is 65.0. The molecule has 3 saturated carbocycles. The van der Waals surface area contributed by atoms with Crippen molar-refractivity contribution in [2.75, 3.05) is 0 Å². The van der Waals surface area contributed by atoms with Crippen LogP contribution in [0.15, 0.2) is 0 Å². The topological polar surface area (TPSA) is 0 Å². The number of hydrogen-bond acceptors (Lipinski definition) is 0. The molecular formula is C22H40. The molecule has 0 heteroatoms. The molecule has 3 rings (SSSR count). The molecule has 0 bridgehead atoms. The van der Waals surface area contributed by atoms with Crippen molar-refractivity contribution in [3.05, 3.63) is 0 Å².